The molecule has 1 fully saturated rings. The van der Waals surface area contributed by atoms with Crippen molar-refractivity contribution < 1.29 is 4.79 Å². The predicted octanol–water partition coefficient (Wildman–Crippen LogP) is 2.79. The van der Waals surface area contributed by atoms with Crippen molar-refractivity contribution in [2.24, 2.45) is 5.92 Å². The minimum absolute atomic E-state index is 0.179. The summed E-state index contributed by atoms with van der Waals surface area (Å²) in [5.74, 6) is 0.875. The molecular weight excluding hydrogens is 250 g/mol. The minimum Gasteiger partial charge on any atom is -0.382 e. The van der Waals surface area contributed by atoms with Crippen molar-refractivity contribution in [2.75, 3.05) is 36.8 Å². The van der Waals surface area contributed by atoms with E-state index in [0.717, 1.165) is 49.5 Å². The number of benzene rings is 1. The largest absolute Gasteiger partial charge is 0.382 e. The molecule has 1 aromatic carbocycles. The van der Waals surface area contributed by atoms with Gasteiger partial charge in [0.1, 0.15) is 0 Å². The van der Waals surface area contributed by atoms with Crippen molar-refractivity contribution in [2.45, 2.75) is 26.2 Å². The van der Waals surface area contributed by atoms with Crippen molar-refractivity contribution in [3.63, 3.8) is 0 Å². The lowest BCUT2D eigenvalue weighted by Crippen LogP contribution is -2.29. The lowest BCUT2D eigenvalue weighted by atomic mass is 10.0. The number of carbonyl (C=O) groups excluding carboxylic acids is 1. The Bertz CT molecular complexity index is 500. The molecule has 20 heavy (non-hydrogen) atoms. The second-order valence-electron chi connectivity index (χ2n) is 5.81. The van der Waals surface area contributed by atoms with Crippen LogP contribution in [-0.4, -0.2) is 37.0 Å². The minimum atomic E-state index is 0.179. The first-order valence-electron chi connectivity index (χ1n) is 7.69. The molecule has 108 valence electrons. The van der Waals surface area contributed by atoms with Gasteiger partial charge in [-0.05, 0) is 37.0 Å². The van der Waals surface area contributed by atoms with Gasteiger partial charge in [0, 0.05) is 31.7 Å². The molecule has 4 heteroatoms. The van der Waals surface area contributed by atoms with Crippen LogP contribution in [0.4, 0.5) is 11.4 Å². The topological polar surface area (TPSA) is 44.4 Å². The van der Waals surface area contributed by atoms with Crippen LogP contribution in [0.2, 0.25) is 0 Å². The number of rotatable bonds is 3. The zero-order valence-electron chi connectivity index (χ0n) is 12.1. The van der Waals surface area contributed by atoms with Crippen LogP contribution in [0.5, 0.6) is 0 Å². The summed E-state index contributed by atoms with van der Waals surface area (Å²) < 4.78 is 0. The molecule has 1 amide bonds. The first-order chi connectivity index (χ1) is 9.78. The molecule has 1 saturated heterocycles. The van der Waals surface area contributed by atoms with E-state index in [-0.39, 0.29) is 5.91 Å². The van der Waals surface area contributed by atoms with Gasteiger partial charge >= 0.3 is 0 Å². The summed E-state index contributed by atoms with van der Waals surface area (Å²) in [5.41, 5.74) is 2.95. The van der Waals surface area contributed by atoms with E-state index in [0.29, 0.717) is 5.92 Å². The molecule has 2 aliphatic rings. The molecular formula is C16H23N3O. The molecule has 0 radical (unpaired) electrons. The van der Waals surface area contributed by atoms with Crippen LogP contribution < -0.4 is 10.6 Å². The Balaban J connectivity index is 1.71. The number of hydrogen-bond donors (Lipinski definition) is 2. The molecule has 1 atom stereocenters. The van der Waals surface area contributed by atoms with E-state index < -0.39 is 0 Å². The highest BCUT2D eigenvalue weighted by Crippen LogP contribution is 2.27. The van der Waals surface area contributed by atoms with Gasteiger partial charge in [0.25, 0.3) is 5.91 Å². The monoisotopic (exact) mass is 273 g/mol. The summed E-state index contributed by atoms with van der Waals surface area (Å²) >= 11 is 0. The Labute approximate surface area is 120 Å². The van der Waals surface area contributed by atoms with E-state index in [1.165, 1.54) is 12.8 Å². The van der Waals surface area contributed by atoms with Crippen LogP contribution in [0.15, 0.2) is 18.2 Å². The Hall–Kier alpha value is -1.71. The Morgan fingerprint density at radius 2 is 2.10 bits per heavy atom. The fourth-order valence-corrected chi connectivity index (χ4v) is 3.22. The number of nitrogens with zero attached hydrogens (tertiary/aromatic N) is 1. The normalized spacial score (nSPS) is 21.1. The van der Waals surface area contributed by atoms with Gasteiger partial charge in [-0.25, -0.2) is 0 Å². The van der Waals surface area contributed by atoms with E-state index in [1.807, 2.05) is 23.1 Å². The van der Waals surface area contributed by atoms with E-state index in [2.05, 4.69) is 17.6 Å². The second kappa shape index (κ2) is 5.73. The smallest absolute Gasteiger partial charge is 0.253 e. The molecule has 2 N–H and O–H groups in total. The van der Waals surface area contributed by atoms with E-state index in [4.69, 9.17) is 0 Å². The molecule has 0 bridgehead atoms. The summed E-state index contributed by atoms with van der Waals surface area (Å²) in [6.07, 6.45) is 3.60. The first-order valence-corrected chi connectivity index (χ1v) is 7.69. The van der Waals surface area contributed by atoms with Crippen LogP contribution in [0.1, 0.15) is 36.5 Å². The zero-order valence-corrected chi connectivity index (χ0v) is 12.1. The van der Waals surface area contributed by atoms with Crippen molar-refractivity contribution in [3.8, 4) is 0 Å². The standard InChI is InChI=1S/C16H23N3O/c1-2-3-12-6-9-19(11-12)16(20)13-4-5-14-15(10-13)18-8-7-17-14/h4-5,10,12,17-18H,2-3,6-9,11H2,1H3. The lowest BCUT2D eigenvalue weighted by Gasteiger charge is -2.22. The van der Waals surface area contributed by atoms with Crippen molar-refractivity contribution >= 4 is 17.3 Å². The molecule has 2 aliphatic heterocycles. The molecule has 0 aliphatic carbocycles. The third kappa shape index (κ3) is 2.60. The molecule has 3 rings (SSSR count). The van der Waals surface area contributed by atoms with Gasteiger partial charge in [-0.1, -0.05) is 13.3 Å². The maximum Gasteiger partial charge on any atom is 0.253 e. The molecule has 2 heterocycles. The molecule has 0 spiro atoms. The molecule has 0 saturated carbocycles. The quantitative estimate of drug-likeness (QED) is 0.890. The van der Waals surface area contributed by atoms with Gasteiger partial charge in [-0.3, -0.25) is 4.79 Å². The highest BCUT2D eigenvalue weighted by molar-refractivity contribution is 5.96. The SMILES string of the molecule is CCCC1CCN(C(=O)c2ccc3c(c2)NCCN3)C1. The van der Waals surface area contributed by atoms with Crippen LogP contribution in [0.3, 0.4) is 0 Å². The number of anilines is 2. The van der Waals surface area contributed by atoms with Crippen LogP contribution in [0, 0.1) is 5.92 Å². The summed E-state index contributed by atoms with van der Waals surface area (Å²) in [6, 6.07) is 5.93. The van der Waals surface area contributed by atoms with Crippen LogP contribution >= 0.6 is 0 Å². The molecule has 0 aromatic heterocycles. The van der Waals surface area contributed by atoms with Crippen LogP contribution in [-0.2, 0) is 0 Å². The van der Waals surface area contributed by atoms with Gasteiger partial charge in [0.2, 0.25) is 0 Å². The van der Waals surface area contributed by atoms with Gasteiger partial charge in [0.05, 0.1) is 11.4 Å². The fourth-order valence-electron chi connectivity index (χ4n) is 3.22. The van der Waals surface area contributed by atoms with Gasteiger partial charge in [-0.2, -0.15) is 0 Å². The van der Waals surface area contributed by atoms with E-state index in [9.17, 15) is 4.79 Å². The Kier molecular flexibility index (Phi) is 3.81. The predicted molar refractivity (Wildman–Crippen MR) is 82.3 cm³/mol. The summed E-state index contributed by atoms with van der Waals surface area (Å²) in [4.78, 5) is 14.6. The van der Waals surface area contributed by atoms with Crippen molar-refractivity contribution in [1.29, 1.82) is 0 Å². The second-order valence-corrected chi connectivity index (χ2v) is 5.81. The number of amides is 1. The number of carbonyl (C=O) groups is 1. The highest BCUT2D eigenvalue weighted by Gasteiger charge is 2.26. The number of nitrogens with one attached hydrogen (secondary N) is 2. The Morgan fingerprint density at radius 3 is 2.90 bits per heavy atom. The van der Waals surface area contributed by atoms with E-state index >= 15 is 0 Å². The Morgan fingerprint density at radius 1 is 1.30 bits per heavy atom. The van der Waals surface area contributed by atoms with E-state index in [1.54, 1.807) is 0 Å². The number of likely N-dealkylation sites (tertiary alicyclic amines) is 1. The van der Waals surface area contributed by atoms with Gasteiger partial charge < -0.3 is 15.5 Å². The third-order valence-electron chi connectivity index (χ3n) is 4.29. The molecule has 1 aromatic rings. The average Bonchev–Trinajstić information content (AvgIpc) is 2.95. The number of fused-ring (bicyclic) bond motifs is 1. The zero-order chi connectivity index (χ0) is 13.9. The maximum atomic E-state index is 12.6. The number of hydrogen-bond acceptors (Lipinski definition) is 3. The molecule has 1 unspecified atom stereocenters. The van der Waals surface area contributed by atoms with Gasteiger partial charge in [-0.15, -0.1) is 0 Å². The van der Waals surface area contributed by atoms with Gasteiger partial charge in [0.15, 0.2) is 0 Å². The summed E-state index contributed by atoms with van der Waals surface area (Å²) in [7, 11) is 0. The average molecular weight is 273 g/mol. The fraction of sp³-hybridized carbons (Fsp3) is 0.562. The van der Waals surface area contributed by atoms with Crippen molar-refractivity contribution in [3.05, 3.63) is 23.8 Å². The summed E-state index contributed by atoms with van der Waals surface area (Å²) in [6.45, 7) is 5.90. The lowest BCUT2D eigenvalue weighted by molar-refractivity contribution is 0.0786. The maximum absolute atomic E-state index is 12.6. The molecule has 4 nitrogen and oxygen atoms in total. The summed E-state index contributed by atoms with van der Waals surface area (Å²) in [5, 5.41) is 6.68. The first kappa shape index (κ1) is 13.3. The van der Waals surface area contributed by atoms with Crippen LogP contribution in [0.25, 0.3) is 0 Å². The highest BCUT2D eigenvalue weighted by atomic mass is 16.2. The van der Waals surface area contributed by atoms with Crippen molar-refractivity contribution in [1.82, 2.24) is 4.90 Å². The third-order valence-corrected chi connectivity index (χ3v) is 4.29.